The summed E-state index contributed by atoms with van der Waals surface area (Å²) in [5.74, 6) is 0.117. The summed E-state index contributed by atoms with van der Waals surface area (Å²) in [6, 6.07) is 4.51. The Balaban J connectivity index is 2.94. The first-order valence-corrected chi connectivity index (χ1v) is 5.39. The van der Waals surface area contributed by atoms with Gasteiger partial charge in [-0.3, -0.25) is 4.79 Å². The van der Waals surface area contributed by atoms with Crippen molar-refractivity contribution < 1.29 is 19.1 Å². The standard InChI is InChI=1S/C13H10FN3O3/c1-2-6-17(8-12(18)19)13(20)16-11-5-3-4-10(14)9(11)7-15/h1,3-5H,6,8H2,(H,16,20)(H,18,19). The number of carbonyl (C=O) groups excluding carboxylic acids is 1. The fourth-order valence-electron chi connectivity index (χ4n) is 1.41. The van der Waals surface area contributed by atoms with Gasteiger partial charge in [-0.2, -0.15) is 5.26 Å². The van der Waals surface area contributed by atoms with Gasteiger partial charge in [0.2, 0.25) is 0 Å². The summed E-state index contributed by atoms with van der Waals surface area (Å²) in [6.07, 6.45) is 5.04. The Bertz CT molecular complexity index is 616. The Morgan fingerprint density at radius 3 is 2.75 bits per heavy atom. The minimum Gasteiger partial charge on any atom is -0.480 e. The number of hydrogen-bond donors (Lipinski definition) is 2. The van der Waals surface area contributed by atoms with Crippen LogP contribution in [-0.4, -0.2) is 35.1 Å². The highest BCUT2D eigenvalue weighted by molar-refractivity contribution is 5.92. The van der Waals surface area contributed by atoms with Crippen molar-refractivity contribution in [2.45, 2.75) is 0 Å². The van der Waals surface area contributed by atoms with E-state index in [1.807, 2.05) is 0 Å². The minimum atomic E-state index is -1.24. The van der Waals surface area contributed by atoms with Gasteiger partial charge in [0, 0.05) is 0 Å². The van der Waals surface area contributed by atoms with E-state index in [9.17, 15) is 14.0 Å². The molecule has 0 spiro atoms. The average molecular weight is 275 g/mol. The van der Waals surface area contributed by atoms with Crippen molar-refractivity contribution in [3.05, 3.63) is 29.6 Å². The first-order chi connectivity index (χ1) is 9.49. The molecule has 0 aliphatic heterocycles. The lowest BCUT2D eigenvalue weighted by molar-refractivity contribution is -0.137. The van der Waals surface area contributed by atoms with E-state index in [1.165, 1.54) is 12.1 Å². The van der Waals surface area contributed by atoms with Crippen LogP contribution in [0.2, 0.25) is 0 Å². The molecule has 0 aliphatic carbocycles. The van der Waals surface area contributed by atoms with E-state index in [0.717, 1.165) is 11.0 Å². The van der Waals surface area contributed by atoms with E-state index in [0.29, 0.717) is 0 Å². The first kappa shape index (κ1) is 15.0. The maximum Gasteiger partial charge on any atom is 0.323 e. The van der Waals surface area contributed by atoms with Crippen molar-refractivity contribution in [3.8, 4) is 18.4 Å². The Morgan fingerprint density at radius 1 is 1.50 bits per heavy atom. The van der Waals surface area contributed by atoms with Crippen LogP contribution in [0.5, 0.6) is 0 Å². The quantitative estimate of drug-likeness (QED) is 0.809. The Labute approximate surface area is 114 Å². The highest BCUT2D eigenvalue weighted by Crippen LogP contribution is 2.18. The number of hydrogen-bond acceptors (Lipinski definition) is 3. The lowest BCUT2D eigenvalue weighted by Crippen LogP contribution is -2.39. The molecule has 0 saturated carbocycles. The number of halogens is 1. The first-order valence-electron chi connectivity index (χ1n) is 5.39. The third-order valence-corrected chi connectivity index (χ3v) is 2.26. The van der Waals surface area contributed by atoms with Crippen LogP contribution in [0, 0.1) is 29.5 Å². The summed E-state index contributed by atoms with van der Waals surface area (Å²) in [6.45, 7) is -0.831. The van der Waals surface area contributed by atoms with Crippen LogP contribution in [-0.2, 0) is 4.79 Å². The van der Waals surface area contributed by atoms with E-state index in [1.54, 1.807) is 6.07 Å². The molecule has 0 fully saturated rings. The lowest BCUT2D eigenvalue weighted by Gasteiger charge is -2.19. The predicted octanol–water partition coefficient (Wildman–Crippen LogP) is 1.25. The molecule has 0 aliphatic rings. The fraction of sp³-hybridized carbons (Fsp3) is 0.154. The highest BCUT2D eigenvalue weighted by Gasteiger charge is 2.18. The molecule has 0 unspecified atom stereocenters. The van der Waals surface area contributed by atoms with E-state index in [-0.39, 0.29) is 17.8 Å². The van der Waals surface area contributed by atoms with Crippen LogP contribution in [0.4, 0.5) is 14.9 Å². The Kier molecular flexibility index (Phi) is 5.07. The van der Waals surface area contributed by atoms with Crippen LogP contribution >= 0.6 is 0 Å². The van der Waals surface area contributed by atoms with Crippen LogP contribution in [0.1, 0.15) is 5.56 Å². The van der Waals surface area contributed by atoms with E-state index >= 15 is 0 Å². The molecule has 0 bridgehead atoms. The summed E-state index contributed by atoms with van der Waals surface area (Å²) in [4.78, 5) is 23.3. The second kappa shape index (κ2) is 6.76. The molecule has 7 heteroatoms. The van der Waals surface area contributed by atoms with Gasteiger partial charge in [0.25, 0.3) is 0 Å². The van der Waals surface area contributed by atoms with Gasteiger partial charge in [0.15, 0.2) is 0 Å². The minimum absolute atomic E-state index is 0.0510. The van der Waals surface area contributed by atoms with Crippen molar-refractivity contribution in [3.63, 3.8) is 0 Å². The third-order valence-electron chi connectivity index (χ3n) is 2.26. The second-order valence-electron chi connectivity index (χ2n) is 3.66. The number of urea groups is 1. The maximum absolute atomic E-state index is 13.3. The van der Waals surface area contributed by atoms with Crippen molar-refractivity contribution in [2.75, 3.05) is 18.4 Å². The number of nitrogens with zero attached hydrogens (tertiary/aromatic N) is 2. The normalized spacial score (nSPS) is 9.15. The van der Waals surface area contributed by atoms with Crippen molar-refractivity contribution in [2.24, 2.45) is 0 Å². The molecule has 0 atom stereocenters. The van der Waals surface area contributed by atoms with Gasteiger partial charge in [-0.15, -0.1) is 6.42 Å². The summed E-state index contributed by atoms with van der Waals surface area (Å²) in [5.41, 5.74) is -0.387. The monoisotopic (exact) mass is 275 g/mol. The number of anilines is 1. The third kappa shape index (κ3) is 3.72. The molecule has 1 aromatic rings. The summed E-state index contributed by atoms with van der Waals surface area (Å²) < 4.78 is 13.3. The van der Waals surface area contributed by atoms with Crippen molar-refractivity contribution in [1.82, 2.24) is 4.90 Å². The van der Waals surface area contributed by atoms with Gasteiger partial charge in [0.05, 0.1) is 12.2 Å². The number of aliphatic carboxylic acids is 1. The molecule has 20 heavy (non-hydrogen) atoms. The molecular weight excluding hydrogens is 265 g/mol. The van der Waals surface area contributed by atoms with Crippen LogP contribution in [0.25, 0.3) is 0 Å². The summed E-state index contributed by atoms with van der Waals surface area (Å²) >= 11 is 0. The molecular formula is C13H10FN3O3. The Morgan fingerprint density at radius 2 is 2.20 bits per heavy atom. The van der Waals surface area contributed by atoms with Gasteiger partial charge in [-0.05, 0) is 12.1 Å². The zero-order chi connectivity index (χ0) is 15.1. The topological polar surface area (TPSA) is 93.4 Å². The smallest absolute Gasteiger partial charge is 0.323 e. The van der Waals surface area contributed by atoms with Crippen LogP contribution in [0.3, 0.4) is 0 Å². The van der Waals surface area contributed by atoms with Gasteiger partial charge in [-0.1, -0.05) is 12.0 Å². The zero-order valence-electron chi connectivity index (χ0n) is 10.3. The van der Waals surface area contributed by atoms with E-state index in [2.05, 4.69) is 11.2 Å². The summed E-state index contributed by atoms with van der Waals surface area (Å²) in [5, 5.41) is 19.7. The highest BCUT2D eigenvalue weighted by atomic mass is 19.1. The maximum atomic E-state index is 13.3. The van der Waals surface area contributed by atoms with Gasteiger partial charge < -0.3 is 15.3 Å². The molecule has 1 rings (SSSR count). The molecule has 0 heterocycles. The molecule has 0 radical (unpaired) electrons. The zero-order valence-corrected chi connectivity index (χ0v) is 10.3. The number of rotatable bonds is 4. The average Bonchev–Trinajstić information content (AvgIpc) is 2.38. The Hall–Kier alpha value is -3.06. The van der Waals surface area contributed by atoms with Crippen molar-refractivity contribution >= 4 is 17.7 Å². The molecule has 2 N–H and O–H groups in total. The second-order valence-corrected chi connectivity index (χ2v) is 3.66. The van der Waals surface area contributed by atoms with E-state index in [4.69, 9.17) is 16.8 Å². The molecule has 2 amide bonds. The number of carboxylic acids is 1. The van der Waals surface area contributed by atoms with Gasteiger partial charge in [-0.25, -0.2) is 9.18 Å². The molecule has 6 nitrogen and oxygen atoms in total. The number of benzene rings is 1. The fourth-order valence-corrected chi connectivity index (χ4v) is 1.41. The lowest BCUT2D eigenvalue weighted by atomic mass is 10.2. The number of nitriles is 1. The molecule has 0 saturated heterocycles. The van der Waals surface area contributed by atoms with Crippen LogP contribution in [0.15, 0.2) is 18.2 Å². The summed E-state index contributed by atoms with van der Waals surface area (Å²) in [7, 11) is 0. The molecule has 102 valence electrons. The van der Waals surface area contributed by atoms with Crippen LogP contribution < -0.4 is 5.32 Å². The molecule has 1 aromatic carbocycles. The number of carbonyl (C=O) groups is 2. The largest absolute Gasteiger partial charge is 0.480 e. The SMILES string of the molecule is C#CCN(CC(=O)O)C(=O)Nc1cccc(F)c1C#N. The van der Waals surface area contributed by atoms with Gasteiger partial charge in [0.1, 0.15) is 24.0 Å². The number of carboxylic acid groups (broad SMARTS) is 1. The predicted molar refractivity (Wildman–Crippen MR) is 68.2 cm³/mol. The number of amides is 2. The number of nitrogens with one attached hydrogen (secondary N) is 1. The van der Waals surface area contributed by atoms with Gasteiger partial charge >= 0.3 is 12.0 Å². The van der Waals surface area contributed by atoms with E-state index < -0.39 is 24.4 Å². The molecule has 0 aromatic heterocycles. The number of terminal acetylenes is 1. The van der Waals surface area contributed by atoms with Crippen molar-refractivity contribution in [1.29, 1.82) is 5.26 Å².